The zero-order valence-electron chi connectivity index (χ0n) is 8.13. The Morgan fingerprint density at radius 3 is 2.69 bits per heavy atom. The highest BCUT2D eigenvalue weighted by atomic mass is 19.1. The van der Waals surface area contributed by atoms with Crippen molar-refractivity contribution in [3.05, 3.63) is 23.9 Å². The number of alkyl halides is 1. The molecule has 1 heterocycles. The van der Waals surface area contributed by atoms with Gasteiger partial charge in [0.2, 0.25) is 0 Å². The monoisotopic (exact) mass is 182 g/mol. The predicted octanol–water partition coefficient (Wildman–Crippen LogP) is 2.53. The van der Waals surface area contributed by atoms with Gasteiger partial charge in [0.05, 0.1) is 0 Å². The van der Waals surface area contributed by atoms with Crippen LogP contribution in [-0.2, 0) is 0 Å². The first-order valence-electron chi connectivity index (χ1n) is 4.51. The molecule has 0 N–H and O–H groups in total. The summed E-state index contributed by atoms with van der Waals surface area (Å²) < 4.78 is 12.5. The van der Waals surface area contributed by atoms with Crippen LogP contribution in [0.2, 0.25) is 0 Å². The lowest BCUT2D eigenvalue weighted by molar-refractivity contribution is 0.470. The fourth-order valence-electron chi connectivity index (χ4n) is 1.15. The maximum atomic E-state index is 12.5. The summed E-state index contributed by atoms with van der Waals surface area (Å²) >= 11 is 0. The second-order valence-corrected chi connectivity index (χ2v) is 3.08. The molecule has 0 atom stereocenters. The van der Waals surface area contributed by atoms with Crippen LogP contribution in [0.1, 0.15) is 18.9 Å². The molecule has 0 saturated heterocycles. The Balaban J connectivity index is 2.73. The van der Waals surface area contributed by atoms with Gasteiger partial charge in [-0.25, -0.2) is 9.37 Å². The summed E-state index contributed by atoms with van der Waals surface area (Å²) in [5.41, 5.74) is 1.10. The Bertz CT molecular complexity index is 246. The van der Waals surface area contributed by atoms with Crippen LogP contribution in [0.3, 0.4) is 0 Å². The lowest BCUT2D eigenvalue weighted by Gasteiger charge is -2.18. The molecule has 0 aliphatic carbocycles. The van der Waals surface area contributed by atoms with Crippen LogP contribution in [0, 0.1) is 6.92 Å². The third-order valence-corrected chi connectivity index (χ3v) is 1.86. The Morgan fingerprint density at radius 2 is 2.23 bits per heavy atom. The lowest BCUT2D eigenvalue weighted by atomic mass is 10.3. The number of anilines is 1. The quantitative estimate of drug-likeness (QED) is 0.665. The molecule has 0 fully saturated rings. The summed E-state index contributed by atoms with van der Waals surface area (Å²) in [6.45, 7) is 4.24. The summed E-state index contributed by atoms with van der Waals surface area (Å²) in [6, 6.07) is 3.80. The minimum Gasteiger partial charge on any atom is -0.329 e. The van der Waals surface area contributed by atoms with E-state index in [4.69, 9.17) is 0 Å². The van der Waals surface area contributed by atoms with Gasteiger partial charge in [-0.3, -0.25) is 0 Å². The second kappa shape index (κ2) is 4.80. The van der Waals surface area contributed by atoms with Crippen molar-refractivity contribution >= 4 is 5.82 Å². The highest BCUT2D eigenvalue weighted by Crippen LogP contribution is 2.11. The van der Waals surface area contributed by atoms with E-state index in [2.05, 4.69) is 4.98 Å². The smallest absolute Gasteiger partial charge is 0.163 e. The fraction of sp³-hybridized carbons (Fsp3) is 0.500. The number of hydrogen-bond acceptors (Lipinski definition) is 2. The van der Waals surface area contributed by atoms with Gasteiger partial charge in [0.25, 0.3) is 0 Å². The van der Waals surface area contributed by atoms with Crippen molar-refractivity contribution in [1.29, 1.82) is 0 Å². The molecule has 2 nitrogen and oxygen atoms in total. The first kappa shape index (κ1) is 9.96. The largest absolute Gasteiger partial charge is 0.329 e. The second-order valence-electron chi connectivity index (χ2n) is 3.08. The molecular formula is C10H15FN2. The molecule has 0 aliphatic rings. The Morgan fingerprint density at radius 1 is 1.46 bits per heavy atom. The van der Waals surface area contributed by atoms with E-state index in [0.717, 1.165) is 17.8 Å². The molecule has 13 heavy (non-hydrogen) atoms. The topological polar surface area (TPSA) is 16.1 Å². The number of rotatable bonds is 4. The molecule has 1 aromatic rings. The molecule has 0 amide bonds. The zero-order chi connectivity index (χ0) is 9.68. The number of pyridine rings is 1. The summed E-state index contributed by atoms with van der Waals surface area (Å²) in [5, 5.41) is 0. The number of aryl methyl sites for hydroxylation is 1. The first-order valence-corrected chi connectivity index (χ1v) is 4.51. The molecule has 3 heteroatoms. The number of hydrogen-bond donors (Lipinski definition) is 0. The Hall–Kier alpha value is -1.12. The molecule has 0 saturated carbocycles. The zero-order valence-corrected chi connectivity index (χ0v) is 8.13. The van der Waals surface area contributed by atoms with E-state index in [0.29, 0.717) is 6.54 Å². The van der Waals surface area contributed by atoms with Gasteiger partial charge < -0.3 is 4.90 Å². The van der Waals surface area contributed by atoms with E-state index in [1.54, 1.807) is 11.1 Å². The average molecular weight is 182 g/mol. The van der Waals surface area contributed by atoms with Crippen LogP contribution < -0.4 is 4.90 Å². The molecule has 0 aliphatic heterocycles. The van der Waals surface area contributed by atoms with Crippen LogP contribution in [0.5, 0.6) is 0 Å². The number of nitrogens with zero attached hydrogens (tertiary/aromatic N) is 2. The van der Waals surface area contributed by atoms with Crippen molar-refractivity contribution in [1.82, 2.24) is 4.98 Å². The SMILES string of the molecule is CCCN(CF)c1ccc(C)cn1. The third-order valence-electron chi connectivity index (χ3n) is 1.86. The Kier molecular flexibility index (Phi) is 3.68. The minimum absolute atomic E-state index is 0.468. The molecule has 0 aromatic carbocycles. The molecular weight excluding hydrogens is 167 g/mol. The summed E-state index contributed by atoms with van der Waals surface area (Å²) in [6.07, 6.45) is 2.69. The van der Waals surface area contributed by atoms with Gasteiger partial charge in [-0.15, -0.1) is 0 Å². The van der Waals surface area contributed by atoms with Gasteiger partial charge in [0.1, 0.15) is 5.82 Å². The van der Waals surface area contributed by atoms with Crippen LogP contribution in [-0.4, -0.2) is 18.3 Å². The highest BCUT2D eigenvalue weighted by molar-refractivity contribution is 5.38. The molecule has 0 bridgehead atoms. The van der Waals surface area contributed by atoms with Gasteiger partial charge in [-0.05, 0) is 25.0 Å². The van der Waals surface area contributed by atoms with Crippen molar-refractivity contribution < 1.29 is 4.39 Å². The van der Waals surface area contributed by atoms with Crippen LogP contribution >= 0.6 is 0 Å². The first-order chi connectivity index (χ1) is 6.27. The van der Waals surface area contributed by atoms with Crippen LogP contribution in [0.15, 0.2) is 18.3 Å². The van der Waals surface area contributed by atoms with E-state index >= 15 is 0 Å². The van der Waals surface area contributed by atoms with E-state index in [1.807, 2.05) is 26.0 Å². The molecule has 1 aromatic heterocycles. The van der Waals surface area contributed by atoms with Crippen LogP contribution in [0.25, 0.3) is 0 Å². The summed E-state index contributed by atoms with van der Waals surface area (Å²) in [4.78, 5) is 5.78. The van der Waals surface area contributed by atoms with Crippen molar-refractivity contribution in [2.45, 2.75) is 20.3 Å². The van der Waals surface area contributed by atoms with Gasteiger partial charge in [-0.2, -0.15) is 0 Å². The van der Waals surface area contributed by atoms with Crippen molar-refractivity contribution in [2.75, 3.05) is 18.2 Å². The molecule has 0 radical (unpaired) electrons. The van der Waals surface area contributed by atoms with Gasteiger partial charge in [0, 0.05) is 12.7 Å². The lowest BCUT2D eigenvalue weighted by Crippen LogP contribution is -2.23. The number of halogens is 1. The van der Waals surface area contributed by atoms with Crippen LogP contribution in [0.4, 0.5) is 10.2 Å². The number of aromatic nitrogens is 1. The van der Waals surface area contributed by atoms with Gasteiger partial charge >= 0.3 is 0 Å². The Labute approximate surface area is 78.4 Å². The molecule has 72 valence electrons. The predicted molar refractivity (Wildman–Crippen MR) is 52.6 cm³/mol. The van der Waals surface area contributed by atoms with Gasteiger partial charge in [-0.1, -0.05) is 13.0 Å². The summed E-state index contributed by atoms with van der Waals surface area (Å²) in [5.74, 6) is 0.718. The van der Waals surface area contributed by atoms with Gasteiger partial charge in [0.15, 0.2) is 6.80 Å². The third kappa shape index (κ3) is 2.68. The normalized spacial score (nSPS) is 10.1. The maximum Gasteiger partial charge on any atom is 0.163 e. The highest BCUT2D eigenvalue weighted by Gasteiger charge is 2.04. The minimum atomic E-state index is -0.468. The fourth-order valence-corrected chi connectivity index (χ4v) is 1.15. The van der Waals surface area contributed by atoms with E-state index in [-0.39, 0.29) is 0 Å². The molecule has 0 unspecified atom stereocenters. The maximum absolute atomic E-state index is 12.5. The van der Waals surface area contributed by atoms with E-state index in [9.17, 15) is 4.39 Å². The molecule has 1 rings (SSSR count). The molecule has 0 spiro atoms. The summed E-state index contributed by atoms with van der Waals surface area (Å²) in [7, 11) is 0. The van der Waals surface area contributed by atoms with Crippen molar-refractivity contribution in [3.8, 4) is 0 Å². The average Bonchev–Trinajstić information content (AvgIpc) is 2.16. The van der Waals surface area contributed by atoms with Crippen molar-refractivity contribution in [3.63, 3.8) is 0 Å². The van der Waals surface area contributed by atoms with E-state index in [1.165, 1.54) is 0 Å². The van der Waals surface area contributed by atoms with E-state index < -0.39 is 6.80 Å². The standard InChI is InChI=1S/C10H15FN2/c1-3-6-13(8-11)10-5-4-9(2)7-12-10/h4-5,7H,3,6,8H2,1-2H3. The van der Waals surface area contributed by atoms with Crippen molar-refractivity contribution in [2.24, 2.45) is 0 Å².